The lowest BCUT2D eigenvalue weighted by Crippen LogP contribution is -2.43. The maximum atomic E-state index is 12.5. The van der Waals surface area contributed by atoms with E-state index in [4.69, 9.17) is 16.9 Å². The molecule has 24 heavy (non-hydrogen) atoms. The standard InChI is InChI=1S/C19H23ClN2O.CH2/c20-17-6-5-14(7-10-21)11-16(17)18(23)22-13-19-8-1-3-15(12-19)4-2-9-19;/h5-6,11,15H,1-4,7-9,12-13H2,(H,22,23);1H2. The van der Waals surface area contributed by atoms with E-state index in [-0.39, 0.29) is 13.3 Å². The van der Waals surface area contributed by atoms with Crippen molar-refractivity contribution in [2.45, 2.75) is 51.4 Å². The second kappa shape index (κ2) is 8.03. The fraction of sp³-hybridized carbons (Fsp3) is 0.550. The summed E-state index contributed by atoms with van der Waals surface area (Å²) < 4.78 is 0. The predicted molar refractivity (Wildman–Crippen MR) is 96.7 cm³/mol. The molecule has 2 aliphatic rings. The number of carbonyl (C=O) groups excluding carboxylic acids is 1. The highest BCUT2D eigenvalue weighted by Crippen LogP contribution is 2.48. The molecule has 2 saturated carbocycles. The molecule has 1 amide bonds. The van der Waals surface area contributed by atoms with E-state index in [1.807, 2.05) is 0 Å². The average molecular weight is 345 g/mol. The van der Waals surface area contributed by atoms with E-state index in [0.717, 1.165) is 18.0 Å². The molecule has 2 radical (unpaired) electrons. The molecular formula is C20H25ClN2O. The monoisotopic (exact) mass is 344 g/mol. The van der Waals surface area contributed by atoms with Gasteiger partial charge in [-0.05, 0) is 48.3 Å². The van der Waals surface area contributed by atoms with Crippen molar-refractivity contribution < 1.29 is 4.79 Å². The van der Waals surface area contributed by atoms with Crippen molar-refractivity contribution in [1.82, 2.24) is 5.32 Å². The number of nitrogens with zero attached hydrogens (tertiary/aromatic N) is 1. The largest absolute Gasteiger partial charge is 0.351 e. The number of nitrogens with one attached hydrogen (secondary N) is 1. The summed E-state index contributed by atoms with van der Waals surface area (Å²) in [4.78, 5) is 12.5. The molecule has 2 bridgehead atoms. The third kappa shape index (κ3) is 4.11. The number of amides is 1. The lowest BCUT2D eigenvalue weighted by atomic mass is 9.62. The van der Waals surface area contributed by atoms with Crippen molar-refractivity contribution in [2.24, 2.45) is 11.3 Å². The zero-order valence-corrected chi connectivity index (χ0v) is 14.9. The van der Waals surface area contributed by atoms with Gasteiger partial charge < -0.3 is 5.32 Å². The van der Waals surface area contributed by atoms with Crippen molar-refractivity contribution in [3.05, 3.63) is 41.8 Å². The number of rotatable bonds is 4. The van der Waals surface area contributed by atoms with E-state index in [9.17, 15) is 4.79 Å². The first-order valence-corrected chi connectivity index (χ1v) is 8.93. The average Bonchev–Trinajstić information content (AvgIpc) is 2.55. The van der Waals surface area contributed by atoms with Crippen LogP contribution in [0.25, 0.3) is 0 Å². The molecule has 1 aromatic rings. The van der Waals surface area contributed by atoms with Crippen LogP contribution in [-0.2, 0) is 6.42 Å². The van der Waals surface area contributed by atoms with Crippen LogP contribution >= 0.6 is 11.6 Å². The number of benzene rings is 1. The number of halogens is 1. The zero-order chi connectivity index (χ0) is 16.3. The van der Waals surface area contributed by atoms with Gasteiger partial charge in [0.05, 0.1) is 23.1 Å². The molecule has 2 fully saturated rings. The van der Waals surface area contributed by atoms with Crippen molar-refractivity contribution in [2.75, 3.05) is 6.54 Å². The van der Waals surface area contributed by atoms with Crippen LogP contribution in [0.5, 0.6) is 0 Å². The smallest absolute Gasteiger partial charge is 0.252 e. The zero-order valence-electron chi connectivity index (χ0n) is 14.1. The summed E-state index contributed by atoms with van der Waals surface area (Å²) in [6, 6.07) is 7.35. The van der Waals surface area contributed by atoms with Crippen LogP contribution in [0.2, 0.25) is 5.02 Å². The van der Waals surface area contributed by atoms with Gasteiger partial charge in [0.25, 0.3) is 5.91 Å². The lowest BCUT2D eigenvalue weighted by molar-refractivity contribution is 0.0682. The highest BCUT2D eigenvalue weighted by molar-refractivity contribution is 6.33. The third-order valence-electron chi connectivity index (χ3n) is 5.54. The Labute approximate surface area is 150 Å². The molecule has 4 heteroatoms. The van der Waals surface area contributed by atoms with Crippen LogP contribution in [0, 0.1) is 30.1 Å². The Bertz CT molecular complexity index is 625. The molecule has 128 valence electrons. The summed E-state index contributed by atoms with van der Waals surface area (Å²) in [6.45, 7) is 0.751. The quantitative estimate of drug-likeness (QED) is 0.851. The lowest BCUT2D eigenvalue weighted by Gasteiger charge is -2.45. The predicted octanol–water partition coefficient (Wildman–Crippen LogP) is 4.82. The first-order chi connectivity index (χ1) is 11.1. The van der Waals surface area contributed by atoms with Crippen molar-refractivity contribution >= 4 is 17.5 Å². The van der Waals surface area contributed by atoms with Gasteiger partial charge in [0, 0.05) is 6.54 Å². The Morgan fingerprint density at radius 1 is 1.33 bits per heavy atom. The number of hydrogen-bond donors (Lipinski definition) is 1. The minimum Gasteiger partial charge on any atom is -0.351 e. The van der Waals surface area contributed by atoms with E-state index in [1.165, 1.54) is 44.9 Å². The first kappa shape index (κ1) is 18.8. The van der Waals surface area contributed by atoms with Crippen LogP contribution in [0.3, 0.4) is 0 Å². The third-order valence-corrected chi connectivity index (χ3v) is 5.87. The summed E-state index contributed by atoms with van der Waals surface area (Å²) in [6.07, 6.45) is 9.31. The molecule has 0 unspecified atom stereocenters. The molecule has 0 heterocycles. The second-order valence-corrected chi connectivity index (χ2v) is 7.59. The fourth-order valence-electron chi connectivity index (χ4n) is 4.38. The van der Waals surface area contributed by atoms with Gasteiger partial charge in [-0.3, -0.25) is 4.79 Å². The molecule has 0 atom stereocenters. The van der Waals surface area contributed by atoms with Crippen LogP contribution in [0.15, 0.2) is 18.2 Å². The summed E-state index contributed by atoms with van der Waals surface area (Å²) >= 11 is 6.17. The summed E-state index contributed by atoms with van der Waals surface area (Å²) in [5.41, 5.74) is 1.61. The van der Waals surface area contributed by atoms with Gasteiger partial charge in [-0.25, -0.2) is 0 Å². The molecule has 3 rings (SSSR count). The Morgan fingerprint density at radius 2 is 2.04 bits per heavy atom. The van der Waals surface area contributed by atoms with Crippen LogP contribution < -0.4 is 5.32 Å². The molecule has 1 N–H and O–H groups in total. The second-order valence-electron chi connectivity index (χ2n) is 7.19. The normalized spacial score (nSPS) is 25.2. The van der Waals surface area contributed by atoms with Crippen LogP contribution in [0.1, 0.15) is 60.9 Å². The van der Waals surface area contributed by atoms with E-state index in [1.54, 1.807) is 18.2 Å². The minimum absolute atomic E-state index is 0. The Morgan fingerprint density at radius 3 is 2.71 bits per heavy atom. The highest BCUT2D eigenvalue weighted by atomic mass is 35.5. The fourth-order valence-corrected chi connectivity index (χ4v) is 4.58. The van der Waals surface area contributed by atoms with Crippen molar-refractivity contribution in [3.8, 4) is 6.07 Å². The van der Waals surface area contributed by atoms with Gasteiger partial charge in [-0.2, -0.15) is 5.26 Å². The van der Waals surface area contributed by atoms with Gasteiger partial charge in [-0.15, -0.1) is 0 Å². The minimum atomic E-state index is -0.114. The molecule has 2 aliphatic carbocycles. The van der Waals surface area contributed by atoms with Crippen molar-refractivity contribution in [3.63, 3.8) is 0 Å². The summed E-state index contributed by atoms with van der Waals surface area (Å²) in [5, 5.41) is 12.4. The van der Waals surface area contributed by atoms with E-state index in [0.29, 0.717) is 22.4 Å². The van der Waals surface area contributed by atoms with Gasteiger partial charge >= 0.3 is 0 Å². The number of hydrogen-bond acceptors (Lipinski definition) is 2. The Hall–Kier alpha value is -1.53. The number of fused-ring (bicyclic) bond motifs is 2. The Balaban J connectivity index is 0.00000208. The maximum Gasteiger partial charge on any atom is 0.252 e. The van der Waals surface area contributed by atoms with E-state index < -0.39 is 0 Å². The highest BCUT2D eigenvalue weighted by Gasteiger charge is 2.39. The van der Waals surface area contributed by atoms with Crippen LogP contribution in [0.4, 0.5) is 0 Å². The Kier molecular flexibility index (Phi) is 6.29. The summed E-state index contributed by atoms with van der Waals surface area (Å²) in [5.74, 6) is 0.744. The van der Waals surface area contributed by atoms with E-state index in [2.05, 4.69) is 11.4 Å². The summed E-state index contributed by atoms with van der Waals surface area (Å²) in [7, 11) is 0. The molecule has 3 nitrogen and oxygen atoms in total. The molecule has 0 aromatic heterocycles. The molecule has 0 spiro atoms. The molecule has 0 saturated heterocycles. The topological polar surface area (TPSA) is 52.9 Å². The molecule has 0 aliphatic heterocycles. The van der Waals surface area contributed by atoms with E-state index >= 15 is 0 Å². The van der Waals surface area contributed by atoms with Gasteiger partial charge in [0.15, 0.2) is 0 Å². The van der Waals surface area contributed by atoms with Crippen LogP contribution in [-0.4, -0.2) is 12.5 Å². The van der Waals surface area contributed by atoms with Crippen molar-refractivity contribution in [1.29, 1.82) is 5.26 Å². The molecule has 1 aromatic carbocycles. The SMILES string of the molecule is N#CCc1ccc(Cl)c(C(=O)NCC23CCCC(CCC2)C3)c1.[CH2]. The molecular weight excluding hydrogens is 320 g/mol. The maximum absolute atomic E-state index is 12.5. The number of nitriles is 1. The van der Waals surface area contributed by atoms with Gasteiger partial charge in [-0.1, -0.05) is 50.8 Å². The van der Waals surface area contributed by atoms with Gasteiger partial charge in [0.2, 0.25) is 0 Å². The van der Waals surface area contributed by atoms with Gasteiger partial charge in [0.1, 0.15) is 0 Å². The number of carbonyl (C=O) groups is 1. The first-order valence-electron chi connectivity index (χ1n) is 8.55.